The van der Waals surface area contributed by atoms with Crippen LogP contribution in [0.4, 0.5) is 0 Å². The van der Waals surface area contributed by atoms with E-state index in [1.807, 2.05) is 19.1 Å². The van der Waals surface area contributed by atoms with Gasteiger partial charge in [-0.15, -0.1) is 0 Å². The monoisotopic (exact) mass is 217 g/mol. The van der Waals surface area contributed by atoms with Crippen LogP contribution in [0.5, 0.6) is 0 Å². The van der Waals surface area contributed by atoms with Crippen LogP contribution in [-0.2, 0) is 11.2 Å². The zero-order valence-electron chi connectivity index (χ0n) is 8.77. The zero-order chi connectivity index (χ0) is 11.5. The highest BCUT2D eigenvalue weighted by Crippen LogP contribution is 2.19. The number of aromatic nitrogens is 3. The van der Waals surface area contributed by atoms with Crippen LogP contribution in [0.25, 0.3) is 11.3 Å². The molecule has 0 aliphatic heterocycles. The Kier molecular flexibility index (Phi) is 2.68. The number of H-pyrrole nitrogens is 1. The second kappa shape index (κ2) is 4.14. The molecule has 0 saturated heterocycles. The summed E-state index contributed by atoms with van der Waals surface area (Å²) in [5, 5.41) is 8.67. The summed E-state index contributed by atoms with van der Waals surface area (Å²) in [6.07, 6.45) is 3.29. The van der Waals surface area contributed by atoms with E-state index in [-0.39, 0.29) is 6.42 Å². The van der Waals surface area contributed by atoms with Gasteiger partial charge in [0.05, 0.1) is 5.69 Å². The van der Waals surface area contributed by atoms with Crippen LogP contribution >= 0.6 is 0 Å². The topological polar surface area (TPSA) is 78.9 Å². The van der Waals surface area contributed by atoms with E-state index in [2.05, 4.69) is 15.0 Å². The van der Waals surface area contributed by atoms with Crippen molar-refractivity contribution in [1.82, 2.24) is 15.0 Å². The summed E-state index contributed by atoms with van der Waals surface area (Å²) in [5.41, 5.74) is 2.49. The molecule has 0 unspecified atom stereocenters. The number of imidazole rings is 1. The molecule has 0 saturated carbocycles. The van der Waals surface area contributed by atoms with Crippen molar-refractivity contribution in [2.75, 3.05) is 0 Å². The van der Waals surface area contributed by atoms with E-state index in [4.69, 9.17) is 5.11 Å². The van der Waals surface area contributed by atoms with E-state index in [1.54, 1.807) is 12.4 Å². The molecular formula is C11H11N3O2. The number of carboxylic acids is 1. The minimum Gasteiger partial charge on any atom is -0.481 e. The van der Waals surface area contributed by atoms with Crippen LogP contribution in [0.15, 0.2) is 24.5 Å². The zero-order valence-corrected chi connectivity index (χ0v) is 8.77. The van der Waals surface area contributed by atoms with E-state index in [0.29, 0.717) is 5.82 Å². The Morgan fingerprint density at radius 2 is 2.38 bits per heavy atom. The standard InChI is InChI=1S/C11H11N3O2/c1-7-11(8-3-2-4-12-6-8)14-9(13-7)5-10(15)16/h2-4,6H,5H2,1H3,(H,13,14)(H,15,16). The summed E-state index contributed by atoms with van der Waals surface area (Å²) >= 11 is 0. The normalized spacial score (nSPS) is 10.3. The van der Waals surface area contributed by atoms with Gasteiger partial charge in [-0.25, -0.2) is 4.98 Å². The fourth-order valence-electron chi connectivity index (χ4n) is 1.53. The van der Waals surface area contributed by atoms with Gasteiger partial charge in [-0.05, 0) is 19.1 Å². The highest BCUT2D eigenvalue weighted by molar-refractivity contribution is 5.70. The lowest BCUT2D eigenvalue weighted by Gasteiger charge is -1.95. The number of aromatic amines is 1. The first-order chi connectivity index (χ1) is 7.66. The van der Waals surface area contributed by atoms with E-state index in [1.165, 1.54) is 0 Å². The maximum absolute atomic E-state index is 10.6. The van der Waals surface area contributed by atoms with Crippen molar-refractivity contribution in [3.63, 3.8) is 0 Å². The van der Waals surface area contributed by atoms with Crippen LogP contribution in [0, 0.1) is 6.92 Å². The number of carbonyl (C=O) groups is 1. The molecule has 0 bridgehead atoms. The van der Waals surface area contributed by atoms with Crippen molar-refractivity contribution in [1.29, 1.82) is 0 Å². The molecule has 2 heterocycles. The van der Waals surface area contributed by atoms with Gasteiger partial charge < -0.3 is 10.1 Å². The molecule has 2 aromatic heterocycles. The molecule has 0 aliphatic rings. The molecule has 5 heteroatoms. The SMILES string of the molecule is Cc1[nH]c(CC(=O)O)nc1-c1cccnc1. The third-order valence-electron chi connectivity index (χ3n) is 2.19. The van der Waals surface area contributed by atoms with Crippen LogP contribution < -0.4 is 0 Å². The first-order valence-electron chi connectivity index (χ1n) is 4.84. The third kappa shape index (κ3) is 2.08. The molecule has 0 radical (unpaired) electrons. The number of nitrogens with one attached hydrogen (secondary N) is 1. The second-order valence-electron chi connectivity index (χ2n) is 3.47. The van der Waals surface area contributed by atoms with Gasteiger partial charge in [0, 0.05) is 23.7 Å². The molecule has 0 spiro atoms. The average molecular weight is 217 g/mol. The quantitative estimate of drug-likeness (QED) is 0.814. The van der Waals surface area contributed by atoms with Gasteiger partial charge in [-0.2, -0.15) is 0 Å². The maximum atomic E-state index is 10.6. The molecule has 5 nitrogen and oxygen atoms in total. The average Bonchev–Trinajstić information content (AvgIpc) is 2.60. The smallest absolute Gasteiger partial charge is 0.311 e. The van der Waals surface area contributed by atoms with Gasteiger partial charge in [-0.1, -0.05) is 0 Å². The Hall–Kier alpha value is -2.17. The summed E-state index contributed by atoms with van der Waals surface area (Å²) in [5.74, 6) is -0.435. The Morgan fingerprint density at radius 3 is 3.00 bits per heavy atom. The van der Waals surface area contributed by atoms with E-state index >= 15 is 0 Å². The molecule has 0 amide bonds. The highest BCUT2D eigenvalue weighted by atomic mass is 16.4. The predicted molar refractivity (Wildman–Crippen MR) is 57.9 cm³/mol. The minimum absolute atomic E-state index is 0.0961. The number of aliphatic carboxylic acids is 1. The fraction of sp³-hybridized carbons (Fsp3) is 0.182. The van der Waals surface area contributed by atoms with Crippen LogP contribution in [0.3, 0.4) is 0 Å². The molecule has 0 fully saturated rings. The minimum atomic E-state index is -0.897. The Morgan fingerprint density at radius 1 is 1.56 bits per heavy atom. The lowest BCUT2D eigenvalue weighted by Crippen LogP contribution is -2.01. The number of aryl methyl sites for hydroxylation is 1. The Bertz CT molecular complexity index is 505. The lowest BCUT2D eigenvalue weighted by atomic mass is 10.2. The summed E-state index contributed by atoms with van der Waals surface area (Å²) in [6, 6.07) is 3.71. The third-order valence-corrected chi connectivity index (χ3v) is 2.19. The van der Waals surface area contributed by atoms with Crippen LogP contribution in [-0.4, -0.2) is 26.0 Å². The Balaban J connectivity index is 2.36. The van der Waals surface area contributed by atoms with Gasteiger partial charge in [0.2, 0.25) is 0 Å². The lowest BCUT2D eigenvalue weighted by molar-refractivity contribution is -0.136. The molecule has 0 aliphatic carbocycles. The molecule has 2 rings (SSSR count). The van der Waals surface area contributed by atoms with Gasteiger partial charge in [-0.3, -0.25) is 9.78 Å². The summed E-state index contributed by atoms with van der Waals surface area (Å²) in [6.45, 7) is 1.86. The van der Waals surface area contributed by atoms with Gasteiger partial charge in [0.25, 0.3) is 0 Å². The summed E-state index contributed by atoms with van der Waals surface area (Å²) in [7, 11) is 0. The molecule has 0 aromatic carbocycles. The van der Waals surface area contributed by atoms with Crippen molar-refractivity contribution < 1.29 is 9.90 Å². The maximum Gasteiger partial charge on any atom is 0.311 e. The predicted octanol–water partition coefficient (Wildman–Crippen LogP) is 1.41. The van der Waals surface area contributed by atoms with Crippen molar-refractivity contribution in [3.05, 3.63) is 36.0 Å². The Labute approximate surface area is 92.2 Å². The first-order valence-corrected chi connectivity index (χ1v) is 4.84. The summed E-state index contributed by atoms with van der Waals surface area (Å²) in [4.78, 5) is 21.8. The second-order valence-corrected chi connectivity index (χ2v) is 3.47. The number of hydrogen-bond acceptors (Lipinski definition) is 3. The fourth-order valence-corrected chi connectivity index (χ4v) is 1.53. The highest BCUT2D eigenvalue weighted by Gasteiger charge is 2.10. The van der Waals surface area contributed by atoms with Crippen molar-refractivity contribution in [3.8, 4) is 11.3 Å². The molecule has 2 aromatic rings. The van der Waals surface area contributed by atoms with E-state index in [9.17, 15) is 4.79 Å². The molecule has 82 valence electrons. The molecular weight excluding hydrogens is 206 g/mol. The first kappa shape index (κ1) is 10.4. The number of carboxylic acid groups (broad SMARTS) is 1. The van der Waals surface area contributed by atoms with Crippen LogP contribution in [0.2, 0.25) is 0 Å². The van der Waals surface area contributed by atoms with E-state index < -0.39 is 5.97 Å². The number of nitrogens with zero attached hydrogens (tertiary/aromatic N) is 2. The van der Waals surface area contributed by atoms with Crippen molar-refractivity contribution >= 4 is 5.97 Å². The largest absolute Gasteiger partial charge is 0.481 e. The summed E-state index contributed by atoms with van der Waals surface area (Å²) < 4.78 is 0. The van der Waals surface area contributed by atoms with Crippen molar-refractivity contribution in [2.45, 2.75) is 13.3 Å². The molecule has 2 N–H and O–H groups in total. The van der Waals surface area contributed by atoms with Crippen LogP contribution in [0.1, 0.15) is 11.5 Å². The molecule has 0 atom stereocenters. The van der Waals surface area contributed by atoms with Gasteiger partial charge in [0.1, 0.15) is 12.2 Å². The number of rotatable bonds is 3. The number of hydrogen-bond donors (Lipinski definition) is 2. The molecule has 16 heavy (non-hydrogen) atoms. The van der Waals surface area contributed by atoms with Gasteiger partial charge in [0.15, 0.2) is 0 Å². The van der Waals surface area contributed by atoms with Crippen molar-refractivity contribution in [2.24, 2.45) is 0 Å². The van der Waals surface area contributed by atoms with E-state index in [0.717, 1.165) is 17.0 Å². The number of pyridine rings is 1. The van der Waals surface area contributed by atoms with Gasteiger partial charge >= 0.3 is 5.97 Å².